The van der Waals surface area contributed by atoms with Crippen molar-refractivity contribution in [2.45, 2.75) is 30.6 Å². The fourth-order valence-corrected chi connectivity index (χ4v) is 4.57. The smallest absolute Gasteiger partial charge is 0.324 e. The lowest BCUT2D eigenvalue weighted by Gasteiger charge is -2.33. The summed E-state index contributed by atoms with van der Waals surface area (Å²) in [5, 5.41) is 2.32. The number of rotatable bonds is 10. The average Bonchev–Trinajstić information content (AvgIpc) is 3.49. The Morgan fingerprint density at radius 1 is 1.07 bits per heavy atom. The van der Waals surface area contributed by atoms with Crippen molar-refractivity contribution in [3.8, 4) is 5.75 Å². The van der Waals surface area contributed by atoms with Crippen molar-refractivity contribution in [2.75, 3.05) is 52.4 Å². The fourth-order valence-electron chi connectivity index (χ4n) is 3.61. The molecule has 0 atom stereocenters. The number of nitrogens with one attached hydrogen (secondary N) is 1. The number of benzene rings is 1. The predicted octanol–water partition coefficient (Wildman–Crippen LogP) is 2.43. The maximum atomic E-state index is 11.5. The van der Waals surface area contributed by atoms with Crippen molar-refractivity contribution < 1.29 is 14.3 Å². The molecule has 3 fully saturated rings. The number of unbranched alkanes of at least 4 members (excludes halogenated alkanes) is 1. The standard InChI is InChI=1S/C21H30N4O3S/c26-20-15-24(21(27)22-20)9-2-1-8-23-10-12-25(13-11-23)29-19-5-3-4-18(14-19)28-16-17-6-7-17/h3-5,14,17H,1-2,6-13,15-16H2,(H,22,26,27). The molecule has 2 saturated heterocycles. The molecule has 8 heteroatoms. The zero-order chi connectivity index (χ0) is 20.1. The first-order valence-corrected chi connectivity index (χ1v) is 11.4. The number of nitrogens with zero attached hydrogens (tertiary/aromatic N) is 3. The van der Waals surface area contributed by atoms with Crippen molar-refractivity contribution in [1.82, 2.24) is 19.4 Å². The van der Waals surface area contributed by atoms with Crippen LogP contribution in [0, 0.1) is 5.92 Å². The second-order valence-electron chi connectivity index (χ2n) is 8.07. The Bertz CT molecular complexity index is 720. The first kappa shape index (κ1) is 20.5. The second-order valence-corrected chi connectivity index (χ2v) is 9.24. The summed E-state index contributed by atoms with van der Waals surface area (Å²) in [5.74, 6) is 1.56. The van der Waals surface area contributed by atoms with E-state index in [1.807, 2.05) is 18.0 Å². The van der Waals surface area contributed by atoms with Gasteiger partial charge in [-0.15, -0.1) is 0 Å². The molecule has 2 aliphatic heterocycles. The number of carbonyl (C=O) groups excluding carboxylic acids is 2. The van der Waals surface area contributed by atoms with Crippen LogP contribution in [0.25, 0.3) is 0 Å². The number of amides is 3. The van der Waals surface area contributed by atoms with Crippen LogP contribution in [0.1, 0.15) is 25.7 Å². The van der Waals surface area contributed by atoms with Gasteiger partial charge in [0.2, 0.25) is 5.91 Å². The summed E-state index contributed by atoms with van der Waals surface area (Å²) < 4.78 is 8.32. The van der Waals surface area contributed by atoms with E-state index in [9.17, 15) is 9.59 Å². The van der Waals surface area contributed by atoms with Crippen LogP contribution < -0.4 is 10.1 Å². The molecule has 0 unspecified atom stereocenters. The number of imide groups is 1. The zero-order valence-electron chi connectivity index (χ0n) is 16.8. The number of urea groups is 1. The number of ether oxygens (including phenoxy) is 1. The van der Waals surface area contributed by atoms with E-state index in [-0.39, 0.29) is 18.5 Å². The highest BCUT2D eigenvalue weighted by Crippen LogP contribution is 2.31. The highest BCUT2D eigenvalue weighted by Gasteiger charge is 2.26. The van der Waals surface area contributed by atoms with Crippen molar-refractivity contribution in [3.63, 3.8) is 0 Å². The van der Waals surface area contributed by atoms with Gasteiger partial charge in [0.05, 0.1) is 6.61 Å². The molecule has 7 nitrogen and oxygen atoms in total. The molecule has 0 bridgehead atoms. The summed E-state index contributed by atoms with van der Waals surface area (Å²) in [6.45, 7) is 6.98. The number of carbonyl (C=O) groups is 2. The summed E-state index contributed by atoms with van der Waals surface area (Å²) >= 11 is 1.82. The molecule has 2 heterocycles. The van der Waals surface area contributed by atoms with Crippen molar-refractivity contribution in [1.29, 1.82) is 0 Å². The minimum Gasteiger partial charge on any atom is -0.493 e. The van der Waals surface area contributed by atoms with E-state index in [1.165, 1.54) is 17.7 Å². The van der Waals surface area contributed by atoms with Gasteiger partial charge in [-0.3, -0.25) is 10.1 Å². The third kappa shape index (κ3) is 6.35. The Morgan fingerprint density at radius 3 is 2.59 bits per heavy atom. The number of piperazine rings is 1. The lowest BCUT2D eigenvalue weighted by Crippen LogP contribution is -2.43. The molecule has 4 rings (SSSR count). The fraction of sp³-hybridized carbons (Fsp3) is 0.619. The van der Waals surface area contributed by atoms with E-state index in [4.69, 9.17) is 4.74 Å². The van der Waals surface area contributed by atoms with Gasteiger partial charge in [-0.25, -0.2) is 9.10 Å². The molecule has 0 aromatic heterocycles. The summed E-state index contributed by atoms with van der Waals surface area (Å²) in [4.78, 5) is 28.0. The molecule has 1 aromatic rings. The molecule has 0 spiro atoms. The van der Waals surface area contributed by atoms with Crippen LogP contribution in [0.5, 0.6) is 5.75 Å². The van der Waals surface area contributed by atoms with Gasteiger partial charge >= 0.3 is 6.03 Å². The van der Waals surface area contributed by atoms with Gasteiger partial charge < -0.3 is 14.5 Å². The average molecular weight is 419 g/mol. The third-order valence-corrected chi connectivity index (χ3v) is 6.66. The van der Waals surface area contributed by atoms with Crippen LogP contribution in [-0.2, 0) is 4.79 Å². The molecule has 1 N–H and O–H groups in total. The number of hydrogen-bond donors (Lipinski definition) is 1. The topological polar surface area (TPSA) is 65.1 Å². The summed E-state index contributed by atoms with van der Waals surface area (Å²) in [7, 11) is 0. The van der Waals surface area contributed by atoms with Crippen molar-refractivity contribution >= 4 is 23.9 Å². The molecule has 1 aromatic carbocycles. The molecule has 29 heavy (non-hydrogen) atoms. The van der Waals surface area contributed by atoms with E-state index < -0.39 is 0 Å². The van der Waals surface area contributed by atoms with Gasteiger partial charge in [-0.2, -0.15) is 0 Å². The van der Waals surface area contributed by atoms with Crippen molar-refractivity contribution in [3.05, 3.63) is 24.3 Å². The summed E-state index contributed by atoms with van der Waals surface area (Å²) in [6.07, 6.45) is 4.60. The first-order valence-electron chi connectivity index (χ1n) is 10.6. The SMILES string of the molecule is O=C1CN(CCCCN2CCN(Sc3cccc(OCC4CC4)c3)CC2)C(=O)N1. The molecule has 1 saturated carbocycles. The zero-order valence-corrected chi connectivity index (χ0v) is 17.7. The van der Waals surface area contributed by atoms with Gasteiger partial charge in [-0.1, -0.05) is 6.07 Å². The van der Waals surface area contributed by atoms with E-state index in [1.54, 1.807) is 4.90 Å². The molecule has 1 aliphatic carbocycles. The molecule has 3 aliphatic rings. The highest BCUT2D eigenvalue weighted by molar-refractivity contribution is 7.97. The summed E-state index contributed by atoms with van der Waals surface area (Å²) in [6, 6.07) is 8.18. The quantitative estimate of drug-likeness (QED) is 0.358. The van der Waals surface area contributed by atoms with Crippen LogP contribution >= 0.6 is 11.9 Å². The number of hydrogen-bond acceptors (Lipinski definition) is 6. The Morgan fingerprint density at radius 2 is 1.86 bits per heavy atom. The van der Waals surface area contributed by atoms with Gasteiger partial charge in [0.1, 0.15) is 12.3 Å². The largest absolute Gasteiger partial charge is 0.493 e. The maximum absolute atomic E-state index is 11.5. The van der Waals surface area contributed by atoms with Gasteiger partial charge in [-0.05, 0) is 68.3 Å². The van der Waals surface area contributed by atoms with Crippen molar-refractivity contribution in [2.24, 2.45) is 5.92 Å². The summed E-state index contributed by atoms with van der Waals surface area (Å²) in [5.41, 5.74) is 0. The van der Waals surface area contributed by atoms with E-state index >= 15 is 0 Å². The van der Waals surface area contributed by atoms with Gasteiger partial charge in [0.15, 0.2) is 0 Å². The Hall–Kier alpha value is -1.77. The Labute approximate surface area is 176 Å². The maximum Gasteiger partial charge on any atom is 0.324 e. The minimum atomic E-state index is -0.248. The monoisotopic (exact) mass is 418 g/mol. The molecular formula is C21H30N4O3S. The predicted molar refractivity (Wildman–Crippen MR) is 113 cm³/mol. The normalized spacial score (nSPS) is 20.9. The minimum absolute atomic E-state index is 0.191. The van der Waals surface area contributed by atoms with Crippen LogP contribution in [-0.4, -0.2) is 78.5 Å². The van der Waals surface area contributed by atoms with E-state index in [2.05, 4.69) is 32.7 Å². The van der Waals surface area contributed by atoms with E-state index in [0.29, 0.717) is 6.54 Å². The first-order chi connectivity index (χ1) is 14.2. The Kier molecular flexibility index (Phi) is 6.94. The second kappa shape index (κ2) is 9.82. The van der Waals surface area contributed by atoms with Crippen LogP contribution in [0.2, 0.25) is 0 Å². The van der Waals surface area contributed by atoms with Gasteiger partial charge in [0, 0.05) is 37.6 Å². The molecule has 0 radical (unpaired) electrons. The Balaban J connectivity index is 1.11. The van der Waals surface area contributed by atoms with Crippen LogP contribution in [0.4, 0.5) is 4.79 Å². The van der Waals surface area contributed by atoms with E-state index in [0.717, 1.165) is 63.8 Å². The molecule has 158 valence electrons. The van der Waals surface area contributed by atoms with Crippen LogP contribution in [0.3, 0.4) is 0 Å². The lowest BCUT2D eigenvalue weighted by molar-refractivity contribution is -0.118. The lowest BCUT2D eigenvalue weighted by atomic mass is 10.2. The molecular weight excluding hydrogens is 388 g/mol. The van der Waals surface area contributed by atoms with Crippen LogP contribution in [0.15, 0.2) is 29.2 Å². The molecule has 3 amide bonds. The van der Waals surface area contributed by atoms with Gasteiger partial charge in [0.25, 0.3) is 0 Å². The highest BCUT2D eigenvalue weighted by atomic mass is 32.2. The third-order valence-electron chi connectivity index (χ3n) is 5.57.